The van der Waals surface area contributed by atoms with E-state index in [2.05, 4.69) is 15.0 Å². The zero-order chi connectivity index (χ0) is 15.8. The van der Waals surface area contributed by atoms with Crippen molar-refractivity contribution in [2.24, 2.45) is 0 Å². The van der Waals surface area contributed by atoms with Crippen LogP contribution in [0.2, 0.25) is 0 Å². The molecule has 1 rings (SSSR count). The highest BCUT2D eigenvalue weighted by atomic mass is 16.8. The van der Waals surface area contributed by atoms with Crippen LogP contribution in [0.5, 0.6) is 0 Å². The van der Waals surface area contributed by atoms with Crippen molar-refractivity contribution in [1.82, 2.24) is 15.0 Å². The van der Waals surface area contributed by atoms with Gasteiger partial charge in [-0.3, -0.25) is 0 Å². The number of nitrogens with zero attached hydrogens (tertiary/aromatic N) is 3. The van der Waals surface area contributed by atoms with Crippen molar-refractivity contribution in [2.45, 2.75) is 25.4 Å². The topological polar surface area (TPSA) is 165 Å². The van der Waals surface area contributed by atoms with E-state index >= 15 is 0 Å². The van der Waals surface area contributed by atoms with Crippen molar-refractivity contribution < 1.29 is 19.3 Å². The van der Waals surface area contributed by atoms with Gasteiger partial charge in [-0.15, -0.1) is 0 Å². The summed E-state index contributed by atoms with van der Waals surface area (Å²) in [5.74, 6) is -1.50. The van der Waals surface area contributed by atoms with Crippen LogP contribution in [0, 0.1) is 0 Å². The van der Waals surface area contributed by atoms with E-state index in [9.17, 15) is 5.11 Å². The summed E-state index contributed by atoms with van der Waals surface area (Å²) in [6, 6.07) is 0. The monoisotopic (exact) mass is 290 g/mol. The summed E-state index contributed by atoms with van der Waals surface area (Å²) >= 11 is 0. The second kappa shape index (κ2) is 8.43. The molecule has 0 fully saturated rings. The first-order valence-electron chi connectivity index (χ1n) is 5.70. The Kier molecular flexibility index (Phi) is 7.69. The summed E-state index contributed by atoms with van der Waals surface area (Å²) in [4.78, 5) is 10.5. The van der Waals surface area contributed by atoms with Gasteiger partial charge in [0.25, 0.3) is 0 Å². The molecule has 1 aromatic heterocycles. The van der Waals surface area contributed by atoms with E-state index in [0.29, 0.717) is 6.42 Å². The summed E-state index contributed by atoms with van der Waals surface area (Å²) in [7, 11) is 4.23. The van der Waals surface area contributed by atoms with Crippen LogP contribution in [0.4, 0.5) is 17.8 Å². The second-order valence-corrected chi connectivity index (χ2v) is 3.58. The Morgan fingerprint density at radius 1 is 1.00 bits per heavy atom. The van der Waals surface area contributed by atoms with Crippen molar-refractivity contribution in [3.63, 3.8) is 0 Å². The van der Waals surface area contributed by atoms with E-state index in [1.54, 1.807) is 0 Å². The minimum atomic E-state index is -1.62. The summed E-state index contributed by atoms with van der Waals surface area (Å²) in [5.41, 5.74) is 15.4. The molecule has 1 heterocycles. The van der Waals surface area contributed by atoms with Crippen LogP contribution in [0.1, 0.15) is 13.3 Å². The third-order valence-corrected chi connectivity index (χ3v) is 2.33. The number of nitrogen functional groups attached to an aromatic ring is 3. The number of ether oxygens (including phenoxy) is 3. The predicted octanol–water partition coefficient (Wildman–Crippen LogP) is -1.03. The van der Waals surface area contributed by atoms with Gasteiger partial charge in [-0.25, -0.2) is 0 Å². The second-order valence-electron chi connectivity index (χ2n) is 3.58. The zero-order valence-corrected chi connectivity index (χ0v) is 12.0. The number of aliphatic hydroxyl groups is 1. The average Bonchev–Trinajstić information content (AvgIpc) is 2.38. The minimum absolute atomic E-state index is 0.0417. The number of anilines is 3. The van der Waals surface area contributed by atoms with Gasteiger partial charge in [0.15, 0.2) is 0 Å². The summed E-state index contributed by atoms with van der Waals surface area (Å²) in [6.45, 7) is 1.87. The van der Waals surface area contributed by atoms with Gasteiger partial charge in [0.05, 0.1) is 0 Å². The molecule has 7 N–H and O–H groups in total. The molecule has 0 saturated carbocycles. The first kappa shape index (κ1) is 18.2. The molecule has 0 spiro atoms. The molecule has 0 aliphatic heterocycles. The van der Waals surface area contributed by atoms with Gasteiger partial charge in [0.2, 0.25) is 17.8 Å². The molecule has 20 heavy (non-hydrogen) atoms. The molecule has 1 unspecified atom stereocenters. The fourth-order valence-electron chi connectivity index (χ4n) is 1.35. The Balaban J connectivity index is 0.000000367. The first-order valence-corrected chi connectivity index (χ1v) is 5.70. The van der Waals surface area contributed by atoms with E-state index in [1.807, 2.05) is 6.92 Å². The summed E-state index contributed by atoms with van der Waals surface area (Å²) in [5, 5.41) is 9.52. The lowest BCUT2D eigenvalue weighted by Crippen LogP contribution is -2.46. The molecule has 0 aromatic carbocycles. The minimum Gasteiger partial charge on any atom is -0.373 e. The van der Waals surface area contributed by atoms with Gasteiger partial charge in [-0.1, -0.05) is 6.92 Å². The molecule has 0 bridgehead atoms. The van der Waals surface area contributed by atoms with Gasteiger partial charge < -0.3 is 36.5 Å². The zero-order valence-electron chi connectivity index (χ0n) is 12.0. The van der Waals surface area contributed by atoms with Crippen LogP contribution in [-0.4, -0.2) is 53.5 Å². The number of methoxy groups -OCH3 is 3. The van der Waals surface area contributed by atoms with E-state index in [0.717, 1.165) is 0 Å². The van der Waals surface area contributed by atoms with Crippen molar-refractivity contribution in [1.29, 1.82) is 0 Å². The summed E-state index contributed by atoms with van der Waals surface area (Å²) in [6.07, 6.45) is 0.159. The molecule has 1 atom stereocenters. The largest absolute Gasteiger partial charge is 0.373 e. The molecule has 10 heteroatoms. The van der Waals surface area contributed by atoms with Crippen molar-refractivity contribution in [3.8, 4) is 0 Å². The molecule has 0 amide bonds. The number of rotatable bonds is 5. The van der Waals surface area contributed by atoms with Crippen LogP contribution in [0.15, 0.2) is 0 Å². The van der Waals surface area contributed by atoms with Crippen molar-refractivity contribution in [3.05, 3.63) is 0 Å². The summed E-state index contributed by atoms with van der Waals surface area (Å²) < 4.78 is 14.4. The van der Waals surface area contributed by atoms with Crippen LogP contribution >= 0.6 is 0 Å². The van der Waals surface area contributed by atoms with E-state index in [4.69, 9.17) is 31.4 Å². The molecule has 1 aromatic rings. The quantitative estimate of drug-likeness (QED) is 0.492. The molecular weight excluding hydrogens is 268 g/mol. The van der Waals surface area contributed by atoms with E-state index in [-0.39, 0.29) is 17.8 Å². The van der Waals surface area contributed by atoms with Crippen LogP contribution < -0.4 is 17.2 Å². The van der Waals surface area contributed by atoms with Gasteiger partial charge in [0, 0.05) is 21.3 Å². The van der Waals surface area contributed by atoms with Gasteiger partial charge in [0.1, 0.15) is 6.10 Å². The number of nitrogens with two attached hydrogens (primary N) is 3. The Labute approximate surface area is 117 Å². The molecule has 0 radical (unpaired) electrons. The Bertz CT molecular complexity index is 347. The highest BCUT2D eigenvalue weighted by molar-refractivity contribution is 5.33. The molecule has 0 aliphatic carbocycles. The highest BCUT2D eigenvalue weighted by Gasteiger charge is 2.36. The molecule has 116 valence electrons. The van der Waals surface area contributed by atoms with Crippen LogP contribution in [-0.2, 0) is 14.2 Å². The lowest BCUT2D eigenvalue weighted by atomic mass is 10.2. The van der Waals surface area contributed by atoms with Gasteiger partial charge in [-0.2, -0.15) is 15.0 Å². The lowest BCUT2D eigenvalue weighted by Gasteiger charge is -2.30. The number of aromatic nitrogens is 3. The van der Waals surface area contributed by atoms with Gasteiger partial charge >= 0.3 is 5.97 Å². The fraction of sp³-hybridized carbons (Fsp3) is 0.700. The van der Waals surface area contributed by atoms with Crippen LogP contribution in [0.3, 0.4) is 0 Å². The third-order valence-electron chi connectivity index (χ3n) is 2.33. The lowest BCUT2D eigenvalue weighted by molar-refractivity contribution is -0.381. The fourth-order valence-corrected chi connectivity index (χ4v) is 1.35. The smallest absolute Gasteiger partial charge is 0.307 e. The Morgan fingerprint density at radius 2 is 1.35 bits per heavy atom. The Morgan fingerprint density at radius 3 is 1.50 bits per heavy atom. The maximum absolute atomic E-state index is 9.52. The Hall–Kier alpha value is -1.75. The first-order chi connectivity index (χ1) is 9.32. The maximum atomic E-state index is 9.52. The highest BCUT2D eigenvalue weighted by Crippen LogP contribution is 2.17. The predicted molar refractivity (Wildman–Crippen MR) is 73.1 cm³/mol. The van der Waals surface area contributed by atoms with Crippen molar-refractivity contribution in [2.75, 3.05) is 38.5 Å². The van der Waals surface area contributed by atoms with Crippen molar-refractivity contribution >= 4 is 17.8 Å². The third kappa shape index (κ3) is 5.48. The molecular formula is C10H22N6O4. The molecule has 10 nitrogen and oxygen atoms in total. The van der Waals surface area contributed by atoms with E-state index in [1.165, 1.54) is 21.3 Å². The molecule has 0 saturated heterocycles. The number of hydrogen-bond acceptors (Lipinski definition) is 10. The normalized spacial score (nSPS) is 12.4. The standard InChI is InChI=1S/C7H16O4.C3H6N6/c1-5-6(9-2)7(8,10-3)11-4;4-1-7-2(5)9-3(6)8-1/h6,8H,5H2,1-4H3;(H6,4,5,6,7,8,9). The number of hydrogen-bond donors (Lipinski definition) is 4. The average molecular weight is 290 g/mol. The van der Waals surface area contributed by atoms with Crippen LogP contribution in [0.25, 0.3) is 0 Å². The maximum Gasteiger partial charge on any atom is 0.307 e. The van der Waals surface area contributed by atoms with E-state index < -0.39 is 12.1 Å². The van der Waals surface area contributed by atoms with Gasteiger partial charge in [-0.05, 0) is 6.42 Å². The molecule has 0 aliphatic rings. The SMILES string of the molecule is CCC(OC)C(O)(OC)OC.Nc1nc(N)nc(N)n1.